The van der Waals surface area contributed by atoms with Crippen molar-refractivity contribution in [2.75, 3.05) is 6.54 Å². The zero-order valence-corrected chi connectivity index (χ0v) is 12.0. The zero-order chi connectivity index (χ0) is 13.8. The van der Waals surface area contributed by atoms with Crippen LogP contribution in [0, 0.1) is 0 Å². The van der Waals surface area contributed by atoms with Gasteiger partial charge in [0.2, 0.25) is 0 Å². The van der Waals surface area contributed by atoms with Crippen molar-refractivity contribution in [1.29, 1.82) is 0 Å². The fraction of sp³-hybridized carbons (Fsp3) is 0.462. The maximum absolute atomic E-state index is 12.4. The number of carboxylic acids is 1. The normalized spacial score (nSPS) is 19.8. The lowest BCUT2D eigenvalue weighted by molar-refractivity contribution is -0.142. The minimum absolute atomic E-state index is 0.255. The van der Waals surface area contributed by atoms with Gasteiger partial charge in [0.1, 0.15) is 10.6 Å². The maximum atomic E-state index is 12.4. The van der Waals surface area contributed by atoms with E-state index < -0.39 is 12.0 Å². The highest BCUT2D eigenvalue weighted by Gasteiger charge is 2.31. The van der Waals surface area contributed by atoms with E-state index in [4.69, 9.17) is 0 Å². The second-order valence-electron chi connectivity index (χ2n) is 4.57. The van der Waals surface area contributed by atoms with E-state index in [-0.39, 0.29) is 5.91 Å². The van der Waals surface area contributed by atoms with Gasteiger partial charge >= 0.3 is 5.97 Å². The number of hydrogen-bond acceptors (Lipinski definition) is 3. The van der Waals surface area contributed by atoms with Crippen molar-refractivity contribution in [3.05, 3.63) is 28.5 Å². The summed E-state index contributed by atoms with van der Waals surface area (Å²) in [6, 6.07) is 2.61. The van der Waals surface area contributed by atoms with Crippen LogP contribution in [0.5, 0.6) is 0 Å². The lowest BCUT2D eigenvalue weighted by Crippen LogP contribution is -2.44. The summed E-state index contributed by atoms with van der Waals surface area (Å²) >= 11 is 3.21. The molecule has 1 N–H and O–H groups in total. The molecule has 1 atom stereocenters. The molecule has 19 heavy (non-hydrogen) atoms. The number of aliphatic carboxylic acids is 1. The van der Waals surface area contributed by atoms with Gasteiger partial charge in [0.25, 0.3) is 5.91 Å². The number of hydrogen-bond donors (Lipinski definition) is 1. The largest absolute Gasteiger partial charge is 0.480 e. The number of likely N-dealkylation sites (tertiary alicyclic amines) is 1. The SMILES string of the molecule is O=C(O)C1CCCCCN1C(=O)c1ccc(Br)nc1. The van der Waals surface area contributed by atoms with E-state index in [9.17, 15) is 14.7 Å². The maximum Gasteiger partial charge on any atom is 0.326 e. The molecule has 0 radical (unpaired) electrons. The first-order chi connectivity index (χ1) is 9.09. The second-order valence-corrected chi connectivity index (χ2v) is 5.38. The Kier molecular flexibility index (Phi) is 4.52. The van der Waals surface area contributed by atoms with Gasteiger partial charge in [-0.15, -0.1) is 0 Å². The van der Waals surface area contributed by atoms with E-state index in [1.807, 2.05) is 0 Å². The molecule has 2 rings (SSSR count). The molecule has 0 spiro atoms. The van der Waals surface area contributed by atoms with Crippen LogP contribution in [0.3, 0.4) is 0 Å². The lowest BCUT2D eigenvalue weighted by Gasteiger charge is -2.26. The molecule has 1 aliphatic rings. The van der Waals surface area contributed by atoms with Crippen molar-refractivity contribution in [2.24, 2.45) is 0 Å². The van der Waals surface area contributed by atoms with Crippen molar-refractivity contribution >= 4 is 27.8 Å². The Hall–Kier alpha value is -1.43. The minimum Gasteiger partial charge on any atom is -0.480 e. The number of carboxylic acid groups (broad SMARTS) is 1. The van der Waals surface area contributed by atoms with Crippen molar-refractivity contribution in [1.82, 2.24) is 9.88 Å². The van der Waals surface area contributed by atoms with Crippen LogP contribution in [-0.4, -0.2) is 39.5 Å². The van der Waals surface area contributed by atoms with Crippen LogP contribution in [0.25, 0.3) is 0 Å². The van der Waals surface area contributed by atoms with Gasteiger partial charge in [-0.2, -0.15) is 0 Å². The summed E-state index contributed by atoms with van der Waals surface area (Å²) in [6.45, 7) is 0.492. The van der Waals surface area contributed by atoms with Crippen molar-refractivity contribution in [2.45, 2.75) is 31.7 Å². The van der Waals surface area contributed by atoms with Crippen LogP contribution in [0.1, 0.15) is 36.0 Å². The first-order valence-electron chi connectivity index (χ1n) is 6.25. The second kappa shape index (κ2) is 6.14. The van der Waals surface area contributed by atoms with Gasteiger partial charge < -0.3 is 10.0 Å². The van der Waals surface area contributed by atoms with Crippen molar-refractivity contribution in [3.63, 3.8) is 0 Å². The topological polar surface area (TPSA) is 70.5 Å². The smallest absolute Gasteiger partial charge is 0.326 e. The minimum atomic E-state index is -0.930. The Balaban J connectivity index is 2.23. The fourth-order valence-electron chi connectivity index (χ4n) is 2.28. The van der Waals surface area contributed by atoms with Crippen LogP contribution in [0.15, 0.2) is 22.9 Å². The van der Waals surface area contributed by atoms with Gasteiger partial charge in [0.15, 0.2) is 0 Å². The molecule has 1 unspecified atom stereocenters. The number of carbonyl (C=O) groups excluding carboxylic acids is 1. The molecule has 2 heterocycles. The molecule has 1 saturated heterocycles. The number of aromatic nitrogens is 1. The molecular weight excluding hydrogens is 312 g/mol. The van der Waals surface area contributed by atoms with Crippen molar-refractivity contribution < 1.29 is 14.7 Å². The van der Waals surface area contributed by atoms with E-state index in [0.717, 1.165) is 19.3 Å². The summed E-state index contributed by atoms with van der Waals surface area (Å²) in [7, 11) is 0. The standard InChI is InChI=1S/C13H15BrN2O3/c14-11-6-5-9(8-15-11)12(17)16-7-3-1-2-4-10(16)13(18)19/h5-6,8,10H,1-4,7H2,(H,18,19). The van der Waals surface area contributed by atoms with Crippen LogP contribution >= 0.6 is 15.9 Å². The van der Waals surface area contributed by atoms with Crippen LogP contribution in [-0.2, 0) is 4.79 Å². The summed E-state index contributed by atoms with van der Waals surface area (Å²) in [5.41, 5.74) is 0.427. The Morgan fingerprint density at radius 3 is 2.74 bits per heavy atom. The molecule has 0 saturated carbocycles. The fourth-order valence-corrected chi connectivity index (χ4v) is 2.51. The first kappa shape index (κ1) is 14.0. The van der Waals surface area contributed by atoms with Crippen LogP contribution in [0.4, 0.5) is 0 Å². The number of pyridine rings is 1. The number of amides is 1. The third-order valence-corrected chi connectivity index (χ3v) is 3.74. The summed E-state index contributed by atoms with van der Waals surface area (Å²) in [5, 5.41) is 9.26. The van der Waals surface area contributed by atoms with E-state index in [0.29, 0.717) is 23.1 Å². The number of halogens is 1. The number of carbonyl (C=O) groups is 2. The molecule has 0 aliphatic carbocycles. The van der Waals surface area contributed by atoms with Crippen molar-refractivity contribution in [3.8, 4) is 0 Å². The Morgan fingerprint density at radius 1 is 1.32 bits per heavy atom. The average molecular weight is 327 g/mol. The third kappa shape index (κ3) is 3.32. The van der Waals surface area contributed by atoms with E-state index in [1.54, 1.807) is 12.1 Å². The molecule has 1 aromatic heterocycles. The predicted molar refractivity (Wildman–Crippen MR) is 72.9 cm³/mol. The highest BCUT2D eigenvalue weighted by molar-refractivity contribution is 9.10. The third-order valence-electron chi connectivity index (χ3n) is 3.27. The molecule has 1 amide bonds. The molecule has 6 heteroatoms. The van der Waals surface area contributed by atoms with Crippen LogP contribution in [0.2, 0.25) is 0 Å². The van der Waals surface area contributed by atoms with Gasteiger partial charge in [0.05, 0.1) is 5.56 Å². The monoisotopic (exact) mass is 326 g/mol. The summed E-state index contributed by atoms with van der Waals surface area (Å²) in [6.07, 6.45) is 4.65. The van der Waals surface area contributed by atoms with Gasteiger partial charge in [-0.1, -0.05) is 12.8 Å². The molecular formula is C13H15BrN2O3. The van der Waals surface area contributed by atoms with Crippen LogP contribution < -0.4 is 0 Å². The molecule has 1 aromatic rings. The van der Waals surface area contributed by atoms with E-state index in [1.165, 1.54) is 11.1 Å². The quantitative estimate of drug-likeness (QED) is 0.846. The lowest BCUT2D eigenvalue weighted by atomic mass is 10.1. The highest BCUT2D eigenvalue weighted by Crippen LogP contribution is 2.20. The summed E-state index contributed by atoms with van der Waals surface area (Å²) in [4.78, 5) is 29.1. The zero-order valence-electron chi connectivity index (χ0n) is 10.4. The molecule has 102 valence electrons. The average Bonchev–Trinajstić information content (AvgIpc) is 2.64. The first-order valence-corrected chi connectivity index (χ1v) is 7.04. The van der Waals surface area contributed by atoms with Gasteiger partial charge in [-0.3, -0.25) is 4.79 Å². The summed E-state index contributed by atoms with van der Waals surface area (Å²) < 4.78 is 0.648. The molecule has 0 bridgehead atoms. The Labute approximate surface area is 119 Å². The Bertz CT molecular complexity index is 475. The van der Waals surface area contributed by atoms with E-state index in [2.05, 4.69) is 20.9 Å². The predicted octanol–water partition coefficient (Wildman–Crippen LogP) is 2.31. The molecule has 1 fully saturated rings. The number of rotatable bonds is 2. The number of nitrogens with zero attached hydrogens (tertiary/aromatic N) is 2. The molecule has 1 aliphatic heterocycles. The Morgan fingerprint density at radius 2 is 2.11 bits per heavy atom. The van der Waals surface area contributed by atoms with Gasteiger partial charge in [-0.25, -0.2) is 9.78 Å². The summed E-state index contributed by atoms with van der Waals surface area (Å²) in [5.74, 6) is -1.19. The van der Waals surface area contributed by atoms with Gasteiger partial charge in [-0.05, 0) is 40.9 Å². The molecule has 5 nitrogen and oxygen atoms in total. The highest BCUT2D eigenvalue weighted by atomic mass is 79.9. The van der Waals surface area contributed by atoms with E-state index >= 15 is 0 Å². The molecule has 0 aromatic carbocycles. The van der Waals surface area contributed by atoms with Gasteiger partial charge in [0, 0.05) is 12.7 Å².